The highest BCUT2D eigenvalue weighted by Crippen LogP contribution is 2.02. The van der Waals surface area contributed by atoms with E-state index in [-0.39, 0.29) is 6.10 Å². The van der Waals surface area contributed by atoms with E-state index in [4.69, 9.17) is 0 Å². The topological polar surface area (TPSA) is 20.2 Å². The van der Waals surface area contributed by atoms with Crippen LogP contribution in [0.4, 0.5) is 0 Å². The first kappa shape index (κ1) is 10.4. The van der Waals surface area contributed by atoms with Crippen LogP contribution in [0.25, 0.3) is 0 Å². The Morgan fingerprint density at radius 1 is 1.45 bits per heavy atom. The molecule has 0 aliphatic heterocycles. The molecule has 0 rings (SSSR count). The molecular formula is C10H18O. The third-order valence-electron chi connectivity index (χ3n) is 1.51. The number of rotatable bonds is 6. The second kappa shape index (κ2) is 7.55. The molecule has 1 atom stereocenters. The smallest absolute Gasteiger partial charge is 0.0577 e. The minimum Gasteiger partial charge on any atom is -0.393 e. The van der Waals surface area contributed by atoms with Crippen LogP contribution in [0.5, 0.6) is 0 Å². The van der Waals surface area contributed by atoms with Crippen LogP contribution in [0.1, 0.15) is 32.6 Å². The van der Waals surface area contributed by atoms with E-state index in [0.29, 0.717) is 6.42 Å². The van der Waals surface area contributed by atoms with Crippen LogP contribution in [0.2, 0.25) is 0 Å². The van der Waals surface area contributed by atoms with Gasteiger partial charge in [-0.2, -0.15) is 0 Å². The molecule has 0 aromatic heterocycles. The van der Waals surface area contributed by atoms with Gasteiger partial charge in [0, 0.05) is 0 Å². The number of aliphatic hydroxyl groups is 1. The van der Waals surface area contributed by atoms with Crippen LogP contribution in [0.3, 0.4) is 0 Å². The van der Waals surface area contributed by atoms with Crippen molar-refractivity contribution in [2.45, 2.75) is 38.7 Å². The van der Waals surface area contributed by atoms with Crippen LogP contribution in [0.15, 0.2) is 24.8 Å². The molecule has 0 aliphatic rings. The van der Waals surface area contributed by atoms with Gasteiger partial charge in [0.1, 0.15) is 0 Å². The third kappa shape index (κ3) is 7.34. The van der Waals surface area contributed by atoms with Crippen molar-refractivity contribution in [2.75, 3.05) is 0 Å². The van der Waals surface area contributed by atoms with Crippen LogP contribution in [-0.2, 0) is 0 Å². The summed E-state index contributed by atoms with van der Waals surface area (Å²) in [5, 5.41) is 9.24. The number of allylic oxidation sites excluding steroid dienone is 2. The Balaban J connectivity index is 3.22. The van der Waals surface area contributed by atoms with Crippen LogP contribution in [0, 0.1) is 0 Å². The highest BCUT2D eigenvalue weighted by atomic mass is 16.3. The maximum absolute atomic E-state index is 9.24. The molecule has 0 heterocycles. The molecule has 0 spiro atoms. The summed E-state index contributed by atoms with van der Waals surface area (Å²) in [5.74, 6) is 0. The van der Waals surface area contributed by atoms with Gasteiger partial charge in [0.2, 0.25) is 0 Å². The van der Waals surface area contributed by atoms with E-state index >= 15 is 0 Å². The Bertz CT molecular complexity index is 116. The Morgan fingerprint density at radius 3 is 2.73 bits per heavy atom. The van der Waals surface area contributed by atoms with Crippen molar-refractivity contribution in [3.8, 4) is 0 Å². The summed E-state index contributed by atoms with van der Waals surface area (Å²) in [6.07, 6.45) is 9.42. The van der Waals surface area contributed by atoms with E-state index in [1.807, 2.05) is 0 Å². The molecule has 1 N–H and O–H groups in total. The summed E-state index contributed by atoms with van der Waals surface area (Å²) in [7, 11) is 0. The molecule has 0 saturated carbocycles. The summed E-state index contributed by atoms with van der Waals surface area (Å²) in [5.41, 5.74) is 0. The normalized spacial score (nSPS) is 13.6. The lowest BCUT2D eigenvalue weighted by Gasteiger charge is -2.03. The van der Waals surface area contributed by atoms with Crippen molar-refractivity contribution < 1.29 is 5.11 Å². The molecule has 1 heteroatoms. The SMILES string of the molecule is C=CCC(O)CC/C=C\CC. The summed E-state index contributed by atoms with van der Waals surface area (Å²) < 4.78 is 0. The predicted octanol–water partition coefficient (Wildman–Crippen LogP) is 2.67. The maximum atomic E-state index is 9.24. The third-order valence-corrected chi connectivity index (χ3v) is 1.51. The average molecular weight is 154 g/mol. The van der Waals surface area contributed by atoms with Crippen LogP contribution in [-0.4, -0.2) is 11.2 Å². The molecule has 1 unspecified atom stereocenters. The standard InChI is InChI=1S/C10H18O/c1-3-5-6-7-9-10(11)8-4-2/h4-6,10-11H,2-3,7-9H2,1H3/b6-5-. The molecule has 0 saturated heterocycles. The molecule has 0 bridgehead atoms. The molecule has 0 aromatic carbocycles. The van der Waals surface area contributed by atoms with Gasteiger partial charge in [-0.15, -0.1) is 6.58 Å². The molecule has 1 nitrogen and oxygen atoms in total. The minimum atomic E-state index is -0.200. The Morgan fingerprint density at radius 2 is 2.18 bits per heavy atom. The lowest BCUT2D eigenvalue weighted by atomic mass is 10.1. The Labute approximate surface area is 69.4 Å². The Hall–Kier alpha value is -0.560. The zero-order valence-corrected chi connectivity index (χ0v) is 7.29. The van der Waals surface area contributed by atoms with Gasteiger partial charge in [0.25, 0.3) is 0 Å². The molecule has 0 aliphatic carbocycles. The van der Waals surface area contributed by atoms with Gasteiger partial charge in [-0.05, 0) is 25.7 Å². The lowest BCUT2D eigenvalue weighted by molar-refractivity contribution is 0.169. The lowest BCUT2D eigenvalue weighted by Crippen LogP contribution is -2.02. The highest BCUT2D eigenvalue weighted by Gasteiger charge is 1.97. The fraction of sp³-hybridized carbons (Fsp3) is 0.600. The van der Waals surface area contributed by atoms with E-state index in [1.165, 1.54) is 0 Å². The first-order valence-electron chi connectivity index (χ1n) is 4.25. The average Bonchev–Trinajstić information content (AvgIpc) is 1.99. The van der Waals surface area contributed by atoms with Crippen molar-refractivity contribution in [1.29, 1.82) is 0 Å². The summed E-state index contributed by atoms with van der Waals surface area (Å²) in [4.78, 5) is 0. The Kier molecular flexibility index (Phi) is 7.16. The van der Waals surface area contributed by atoms with Crippen molar-refractivity contribution in [1.82, 2.24) is 0 Å². The van der Waals surface area contributed by atoms with Gasteiger partial charge in [-0.25, -0.2) is 0 Å². The van der Waals surface area contributed by atoms with Crippen LogP contribution >= 0.6 is 0 Å². The van der Waals surface area contributed by atoms with Gasteiger partial charge < -0.3 is 5.11 Å². The zero-order chi connectivity index (χ0) is 8.53. The van der Waals surface area contributed by atoms with E-state index in [2.05, 4.69) is 25.7 Å². The second-order valence-electron chi connectivity index (χ2n) is 2.64. The number of aliphatic hydroxyl groups excluding tert-OH is 1. The van der Waals surface area contributed by atoms with E-state index in [1.54, 1.807) is 6.08 Å². The van der Waals surface area contributed by atoms with Gasteiger partial charge in [0.15, 0.2) is 0 Å². The zero-order valence-electron chi connectivity index (χ0n) is 7.29. The summed E-state index contributed by atoms with van der Waals surface area (Å²) >= 11 is 0. The summed E-state index contributed by atoms with van der Waals surface area (Å²) in [6.45, 7) is 5.67. The van der Waals surface area contributed by atoms with E-state index in [9.17, 15) is 5.11 Å². The van der Waals surface area contributed by atoms with Gasteiger partial charge in [-0.1, -0.05) is 25.2 Å². The molecule has 11 heavy (non-hydrogen) atoms. The second-order valence-corrected chi connectivity index (χ2v) is 2.64. The molecule has 0 radical (unpaired) electrons. The van der Waals surface area contributed by atoms with Gasteiger partial charge >= 0.3 is 0 Å². The number of hydrogen-bond donors (Lipinski definition) is 1. The first-order chi connectivity index (χ1) is 5.31. The van der Waals surface area contributed by atoms with Crippen molar-refractivity contribution >= 4 is 0 Å². The monoisotopic (exact) mass is 154 g/mol. The quantitative estimate of drug-likeness (QED) is 0.583. The van der Waals surface area contributed by atoms with Gasteiger partial charge in [0.05, 0.1) is 6.10 Å². The molecular weight excluding hydrogens is 136 g/mol. The maximum Gasteiger partial charge on any atom is 0.0577 e. The van der Waals surface area contributed by atoms with Crippen molar-refractivity contribution in [3.63, 3.8) is 0 Å². The van der Waals surface area contributed by atoms with E-state index < -0.39 is 0 Å². The van der Waals surface area contributed by atoms with Crippen LogP contribution < -0.4 is 0 Å². The minimum absolute atomic E-state index is 0.200. The predicted molar refractivity (Wildman–Crippen MR) is 49.5 cm³/mol. The highest BCUT2D eigenvalue weighted by molar-refractivity contribution is 4.82. The fourth-order valence-corrected chi connectivity index (χ4v) is 0.883. The van der Waals surface area contributed by atoms with Gasteiger partial charge in [-0.3, -0.25) is 0 Å². The molecule has 64 valence electrons. The fourth-order valence-electron chi connectivity index (χ4n) is 0.883. The molecule has 0 fully saturated rings. The largest absolute Gasteiger partial charge is 0.393 e. The van der Waals surface area contributed by atoms with Crippen molar-refractivity contribution in [2.24, 2.45) is 0 Å². The van der Waals surface area contributed by atoms with E-state index in [0.717, 1.165) is 19.3 Å². The molecule has 0 aromatic rings. The molecule has 0 amide bonds. The van der Waals surface area contributed by atoms with Crippen molar-refractivity contribution in [3.05, 3.63) is 24.8 Å². The summed E-state index contributed by atoms with van der Waals surface area (Å²) in [6, 6.07) is 0. The number of hydrogen-bond acceptors (Lipinski definition) is 1. The first-order valence-corrected chi connectivity index (χ1v) is 4.25.